The Bertz CT molecular complexity index is 659. The minimum absolute atomic E-state index is 0.104. The van der Waals surface area contributed by atoms with Crippen LogP contribution in [0.5, 0.6) is 11.5 Å². The van der Waals surface area contributed by atoms with Crippen molar-refractivity contribution in [3.05, 3.63) is 23.8 Å². The summed E-state index contributed by atoms with van der Waals surface area (Å²) in [5, 5.41) is 0. The van der Waals surface area contributed by atoms with Gasteiger partial charge in [-0.2, -0.15) is 0 Å². The maximum atomic E-state index is 12.4. The van der Waals surface area contributed by atoms with E-state index in [1.807, 2.05) is 6.07 Å². The molecule has 26 heavy (non-hydrogen) atoms. The second kappa shape index (κ2) is 7.45. The maximum absolute atomic E-state index is 12.4. The molecule has 3 aliphatic rings. The van der Waals surface area contributed by atoms with E-state index in [2.05, 4.69) is 28.9 Å². The van der Waals surface area contributed by atoms with Gasteiger partial charge in [0.25, 0.3) is 0 Å². The highest BCUT2D eigenvalue weighted by atomic mass is 16.7. The van der Waals surface area contributed by atoms with Crippen LogP contribution in [-0.2, 0) is 16.0 Å². The van der Waals surface area contributed by atoms with Crippen LogP contribution in [-0.4, -0.2) is 68.4 Å². The Balaban J connectivity index is 1.37. The van der Waals surface area contributed by atoms with Gasteiger partial charge < -0.3 is 19.1 Å². The fourth-order valence-electron chi connectivity index (χ4n) is 4.17. The summed E-state index contributed by atoms with van der Waals surface area (Å²) in [6, 6.07) is 6.19. The summed E-state index contributed by atoms with van der Waals surface area (Å²) in [6.07, 6.45) is 2.53. The molecule has 2 fully saturated rings. The van der Waals surface area contributed by atoms with E-state index in [0.29, 0.717) is 19.1 Å². The van der Waals surface area contributed by atoms with Crippen molar-refractivity contribution < 1.29 is 19.0 Å². The zero-order chi connectivity index (χ0) is 18.0. The number of rotatable bonds is 5. The van der Waals surface area contributed by atoms with Gasteiger partial charge in [0, 0.05) is 39.1 Å². The monoisotopic (exact) mass is 360 g/mol. The highest BCUT2D eigenvalue weighted by Gasteiger charge is 2.35. The van der Waals surface area contributed by atoms with Crippen molar-refractivity contribution in [1.82, 2.24) is 9.80 Å². The Kier molecular flexibility index (Phi) is 5.05. The van der Waals surface area contributed by atoms with Crippen LogP contribution in [0.3, 0.4) is 0 Å². The van der Waals surface area contributed by atoms with Crippen LogP contribution in [0.25, 0.3) is 0 Å². The number of hydrogen-bond acceptors (Lipinski definition) is 5. The third-order valence-electron chi connectivity index (χ3n) is 5.73. The lowest BCUT2D eigenvalue weighted by molar-refractivity contribution is -0.137. The molecular formula is C20H28N2O4. The Labute approximate surface area is 155 Å². The van der Waals surface area contributed by atoms with E-state index in [4.69, 9.17) is 14.2 Å². The van der Waals surface area contributed by atoms with Crippen LogP contribution >= 0.6 is 0 Å². The summed E-state index contributed by atoms with van der Waals surface area (Å²) in [7, 11) is 0. The average Bonchev–Trinajstić information content (AvgIpc) is 3.11. The van der Waals surface area contributed by atoms with E-state index in [0.717, 1.165) is 70.3 Å². The Morgan fingerprint density at radius 2 is 1.92 bits per heavy atom. The van der Waals surface area contributed by atoms with Gasteiger partial charge in [0.05, 0.1) is 13.2 Å². The van der Waals surface area contributed by atoms with Crippen molar-refractivity contribution in [1.29, 1.82) is 0 Å². The molecule has 1 aromatic rings. The van der Waals surface area contributed by atoms with Crippen molar-refractivity contribution >= 4 is 5.91 Å². The zero-order valence-corrected chi connectivity index (χ0v) is 15.5. The number of ether oxygens (including phenoxy) is 3. The van der Waals surface area contributed by atoms with Gasteiger partial charge in [0.1, 0.15) is 0 Å². The average molecular weight is 360 g/mol. The molecule has 4 rings (SSSR count). The summed E-state index contributed by atoms with van der Waals surface area (Å²) in [6.45, 7) is 8.72. The number of likely N-dealkylation sites (tertiary alicyclic amines) is 1. The normalized spacial score (nSPS) is 26.3. The number of carbonyl (C=O) groups is 1. The molecule has 0 radical (unpaired) electrons. The largest absolute Gasteiger partial charge is 0.454 e. The second-order valence-corrected chi connectivity index (χ2v) is 7.94. The quantitative estimate of drug-likeness (QED) is 0.803. The summed E-state index contributed by atoms with van der Waals surface area (Å²) < 4.78 is 16.3. The van der Waals surface area contributed by atoms with Gasteiger partial charge in [-0.3, -0.25) is 9.69 Å². The molecule has 1 amide bonds. The number of benzene rings is 1. The molecule has 0 saturated carbocycles. The van der Waals surface area contributed by atoms with Gasteiger partial charge >= 0.3 is 0 Å². The van der Waals surface area contributed by atoms with Gasteiger partial charge in [-0.25, -0.2) is 0 Å². The summed E-state index contributed by atoms with van der Waals surface area (Å²) in [5.41, 5.74) is 1.35. The number of amides is 1. The molecule has 0 N–H and O–H groups in total. The second-order valence-electron chi connectivity index (χ2n) is 7.94. The van der Waals surface area contributed by atoms with Crippen LogP contribution in [0.1, 0.15) is 25.3 Å². The topological polar surface area (TPSA) is 51.2 Å². The molecule has 0 bridgehead atoms. The molecule has 1 atom stereocenters. The third kappa shape index (κ3) is 3.96. The van der Waals surface area contributed by atoms with E-state index in [-0.39, 0.29) is 5.41 Å². The first kappa shape index (κ1) is 17.6. The molecule has 142 valence electrons. The lowest BCUT2D eigenvalue weighted by Crippen LogP contribution is -2.49. The van der Waals surface area contributed by atoms with Gasteiger partial charge in [-0.15, -0.1) is 0 Å². The Morgan fingerprint density at radius 1 is 1.12 bits per heavy atom. The first-order chi connectivity index (χ1) is 12.6. The molecule has 6 nitrogen and oxygen atoms in total. The first-order valence-corrected chi connectivity index (χ1v) is 9.58. The lowest BCUT2D eigenvalue weighted by Gasteiger charge is -2.41. The Hall–Kier alpha value is -1.79. The van der Waals surface area contributed by atoms with Crippen LogP contribution < -0.4 is 9.47 Å². The molecule has 0 aromatic heterocycles. The molecule has 0 spiro atoms. The van der Waals surface area contributed by atoms with E-state index < -0.39 is 0 Å². The van der Waals surface area contributed by atoms with Gasteiger partial charge in [0.2, 0.25) is 12.7 Å². The number of piperidine rings is 1. The number of hydrogen-bond donors (Lipinski definition) is 0. The van der Waals surface area contributed by atoms with Crippen molar-refractivity contribution in [2.24, 2.45) is 5.41 Å². The summed E-state index contributed by atoms with van der Waals surface area (Å²) in [4.78, 5) is 16.9. The van der Waals surface area contributed by atoms with Crippen LogP contribution in [0.2, 0.25) is 0 Å². The van der Waals surface area contributed by atoms with Gasteiger partial charge in [-0.1, -0.05) is 13.0 Å². The van der Waals surface area contributed by atoms with Gasteiger partial charge in [-0.05, 0) is 36.0 Å². The van der Waals surface area contributed by atoms with E-state index in [1.54, 1.807) is 0 Å². The first-order valence-electron chi connectivity index (χ1n) is 9.58. The molecule has 3 heterocycles. The van der Waals surface area contributed by atoms with E-state index in [9.17, 15) is 4.79 Å². The number of nitrogens with zero attached hydrogens (tertiary/aromatic N) is 2. The Morgan fingerprint density at radius 3 is 2.77 bits per heavy atom. The predicted octanol–water partition coefficient (Wildman–Crippen LogP) is 1.92. The lowest BCUT2D eigenvalue weighted by atomic mass is 9.76. The van der Waals surface area contributed by atoms with E-state index in [1.165, 1.54) is 5.56 Å². The van der Waals surface area contributed by atoms with Crippen LogP contribution in [0, 0.1) is 5.41 Å². The minimum Gasteiger partial charge on any atom is -0.454 e. The van der Waals surface area contributed by atoms with Crippen molar-refractivity contribution in [3.8, 4) is 11.5 Å². The van der Waals surface area contributed by atoms with Crippen LogP contribution in [0.15, 0.2) is 18.2 Å². The molecule has 2 saturated heterocycles. The fraction of sp³-hybridized carbons (Fsp3) is 0.650. The standard InChI is InChI=1S/C20H28N2O4/c1-20(13-16-2-3-17-18(12-16)26-15-25-17)5-4-19(23)22(14-20)7-6-21-8-10-24-11-9-21/h2-3,12H,4-11,13-15H2,1H3. The summed E-state index contributed by atoms with van der Waals surface area (Å²) in [5.74, 6) is 1.95. The fourth-order valence-corrected chi connectivity index (χ4v) is 4.17. The number of fused-ring (bicyclic) bond motifs is 1. The molecule has 0 aliphatic carbocycles. The van der Waals surface area contributed by atoms with E-state index >= 15 is 0 Å². The molecule has 3 aliphatic heterocycles. The molecule has 1 aromatic carbocycles. The van der Waals surface area contributed by atoms with Crippen molar-refractivity contribution in [2.45, 2.75) is 26.2 Å². The molecule has 6 heteroatoms. The van der Waals surface area contributed by atoms with Crippen LogP contribution in [0.4, 0.5) is 0 Å². The van der Waals surface area contributed by atoms with Crippen molar-refractivity contribution in [2.75, 3.05) is 52.7 Å². The third-order valence-corrected chi connectivity index (χ3v) is 5.73. The predicted molar refractivity (Wildman–Crippen MR) is 97.4 cm³/mol. The van der Waals surface area contributed by atoms with Crippen molar-refractivity contribution in [3.63, 3.8) is 0 Å². The smallest absolute Gasteiger partial charge is 0.231 e. The SMILES string of the molecule is CC1(Cc2ccc3c(c2)OCO3)CCC(=O)N(CCN2CCOCC2)C1. The molecule has 1 unspecified atom stereocenters. The van der Waals surface area contributed by atoms with Gasteiger partial charge in [0.15, 0.2) is 11.5 Å². The highest BCUT2D eigenvalue weighted by molar-refractivity contribution is 5.77. The molecular weight excluding hydrogens is 332 g/mol. The minimum atomic E-state index is 0.104. The zero-order valence-electron chi connectivity index (χ0n) is 15.5. The summed E-state index contributed by atoms with van der Waals surface area (Å²) >= 11 is 0. The number of morpholine rings is 1. The highest BCUT2D eigenvalue weighted by Crippen LogP contribution is 2.37. The number of carbonyl (C=O) groups excluding carboxylic acids is 1. The maximum Gasteiger partial charge on any atom is 0.231 e.